The van der Waals surface area contributed by atoms with E-state index in [4.69, 9.17) is 4.42 Å². The van der Waals surface area contributed by atoms with Crippen LogP contribution in [-0.2, 0) is 11.2 Å². The maximum Gasteiger partial charge on any atom is 0.322 e. The molecule has 22 heavy (non-hydrogen) atoms. The number of carbonyl (C=O) groups is 1. The van der Waals surface area contributed by atoms with Crippen LogP contribution in [0.1, 0.15) is 5.56 Å². The van der Waals surface area contributed by atoms with Crippen LogP contribution in [0.25, 0.3) is 11.5 Å². The van der Waals surface area contributed by atoms with E-state index in [1.165, 1.54) is 0 Å². The lowest BCUT2D eigenvalue weighted by atomic mass is 9.89. The molecule has 0 atom stereocenters. The van der Waals surface area contributed by atoms with E-state index in [0.29, 0.717) is 5.89 Å². The second kappa shape index (κ2) is 6.21. The summed E-state index contributed by atoms with van der Waals surface area (Å²) < 4.78 is 5.43. The van der Waals surface area contributed by atoms with Crippen molar-refractivity contribution in [2.75, 3.05) is 5.32 Å². The molecule has 0 radical (unpaired) electrons. The van der Waals surface area contributed by atoms with Gasteiger partial charge >= 0.3 is 6.01 Å². The van der Waals surface area contributed by atoms with Crippen LogP contribution in [0, 0.1) is 0 Å². The fourth-order valence-corrected chi connectivity index (χ4v) is 2.03. The Morgan fingerprint density at radius 3 is 2.68 bits per heavy atom. The van der Waals surface area contributed by atoms with Crippen molar-refractivity contribution < 1.29 is 9.21 Å². The zero-order valence-electron chi connectivity index (χ0n) is 12.0. The maximum atomic E-state index is 12.0. The first-order chi connectivity index (χ1) is 10.7. The SMILES string of the molecule is Bc1ccccc1CC(=O)Nc1nnc(-c2ccncc2)o1. The van der Waals surface area contributed by atoms with E-state index < -0.39 is 0 Å². The van der Waals surface area contributed by atoms with Gasteiger partial charge in [0.2, 0.25) is 11.8 Å². The molecule has 2 heterocycles. The van der Waals surface area contributed by atoms with Crippen molar-refractivity contribution in [3.05, 3.63) is 54.4 Å². The maximum absolute atomic E-state index is 12.0. The quantitative estimate of drug-likeness (QED) is 0.711. The summed E-state index contributed by atoms with van der Waals surface area (Å²) in [7, 11) is 1.97. The molecular weight excluding hydrogens is 279 g/mol. The highest BCUT2D eigenvalue weighted by Gasteiger charge is 2.12. The number of nitrogens with zero attached hydrogens (tertiary/aromatic N) is 3. The number of rotatable bonds is 4. The Bertz CT molecular complexity index is 789. The van der Waals surface area contributed by atoms with E-state index in [1.54, 1.807) is 24.5 Å². The predicted molar refractivity (Wildman–Crippen MR) is 84.5 cm³/mol. The molecule has 108 valence electrons. The third-order valence-electron chi connectivity index (χ3n) is 3.21. The predicted octanol–water partition coefficient (Wildman–Crippen LogP) is 0.571. The van der Waals surface area contributed by atoms with Gasteiger partial charge in [0.25, 0.3) is 0 Å². The Labute approximate surface area is 128 Å². The summed E-state index contributed by atoms with van der Waals surface area (Å²) >= 11 is 0. The minimum Gasteiger partial charge on any atom is -0.403 e. The fourth-order valence-electron chi connectivity index (χ4n) is 2.03. The molecule has 0 bridgehead atoms. The fraction of sp³-hybridized carbons (Fsp3) is 0.0667. The number of hydrogen-bond donors (Lipinski definition) is 1. The van der Waals surface area contributed by atoms with E-state index in [-0.39, 0.29) is 18.3 Å². The van der Waals surface area contributed by atoms with Gasteiger partial charge in [-0.25, -0.2) is 0 Å². The van der Waals surface area contributed by atoms with Gasteiger partial charge in [-0.15, -0.1) is 5.10 Å². The number of hydrogen-bond acceptors (Lipinski definition) is 5. The molecule has 0 saturated heterocycles. The number of nitrogens with one attached hydrogen (secondary N) is 1. The highest BCUT2D eigenvalue weighted by molar-refractivity contribution is 6.33. The van der Waals surface area contributed by atoms with Crippen LogP contribution in [0.15, 0.2) is 53.2 Å². The smallest absolute Gasteiger partial charge is 0.322 e. The van der Waals surface area contributed by atoms with Gasteiger partial charge < -0.3 is 4.42 Å². The Morgan fingerprint density at radius 2 is 1.91 bits per heavy atom. The summed E-state index contributed by atoms with van der Waals surface area (Å²) in [5.74, 6) is 0.146. The van der Waals surface area contributed by atoms with E-state index in [0.717, 1.165) is 16.6 Å². The van der Waals surface area contributed by atoms with Gasteiger partial charge in [0.1, 0.15) is 7.85 Å². The summed E-state index contributed by atoms with van der Waals surface area (Å²) in [6, 6.07) is 11.3. The van der Waals surface area contributed by atoms with Gasteiger partial charge in [-0.05, 0) is 17.7 Å². The monoisotopic (exact) mass is 292 g/mol. The molecule has 0 aliphatic rings. The molecule has 0 spiro atoms. The van der Waals surface area contributed by atoms with E-state index in [2.05, 4.69) is 20.5 Å². The van der Waals surface area contributed by atoms with Crippen molar-refractivity contribution >= 4 is 25.2 Å². The van der Waals surface area contributed by atoms with Gasteiger partial charge in [-0.1, -0.05) is 34.8 Å². The molecule has 6 nitrogen and oxygen atoms in total. The van der Waals surface area contributed by atoms with E-state index in [9.17, 15) is 4.79 Å². The summed E-state index contributed by atoms with van der Waals surface area (Å²) in [6.07, 6.45) is 3.53. The zero-order chi connectivity index (χ0) is 15.4. The molecular formula is C15H13BN4O2. The minimum absolute atomic E-state index is 0.0883. The molecule has 1 amide bonds. The molecule has 0 unspecified atom stereocenters. The van der Waals surface area contributed by atoms with Crippen molar-refractivity contribution in [3.63, 3.8) is 0 Å². The summed E-state index contributed by atoms with van der Waals surface area (Å²) in [5.41, 5.74) is 2.79. The first kappa shape index (κ1) is 14.0. The van der Waals surface area contributed by atoms with Gasteiger partial charge in [-0.3, -0.25) is 15.1 Å². The van der Waals surface area contributed by atoms with Crippen molar-refractivity contribution in [1.82, 2.24) is 15.2 Å². The highest BCUT2D eigenvalue weighted by Crippen LogP contribution is 2.18. The largest absolute Gasteiger partial charge is 0.403 e. The molecule has 1 N–H and O–H groups in total. The molecule has 3 aromatic rings. The lowest BCUT2D eigenvalue weighted by Gasteiger charge is -2.04. The van der Waals surface area contributed by atoms with Crippen LogP contribution in [0.5, 0.6) is 0 Å². The average Bonchev–Trinajstić information content (AvgIpc) is 2.99. The van der Waals surface area contributed by atoms with Crippen molar-refractivity contribution in [2.45, 2.75) is 6.42 Å². The average molecular weight is 292 g/mol. The molecule has 0 aliphatic heterocycles. The number of anilines is 1. The molecule has 0 saturated carbocycles. The Morgan fingerprint density at radius 1 is 1.14 bits per heavy atom. The van der Waals surface area contributed by atoms with Crippen LogP contribution in [0.3, 0.4) is 0 Å². The summed E-state index contributed by atoms with van der Waals surface area (Å²) in [5, 5.41) is 10.3. The molecule has 0 fully saturated rings. The van der Waals surface area contributed by atoms with Gasteiger partial charge in [0.05, 0.1) is 6.42 Å². The number of aromatic nitrogens is 3. The van der Waals surface area contributed by atoms with Crippen molar-refractivity contribution in [1.29, 1.82) is 0 Å². The first-order valence-electron chi connectivity index (χ1n) is 6.80. The van der Waals surface area contributed by atoms with Crippen molar-refractivity contribution in [2.24, 2.45) is 0 Å². The molecule has 3 rings (SSSR count). The minimum atomic E-state index is -0.195. The van der Waals surface area contributed by atoms with E-state index >= 15 is 0 Å². The standard InChI is InChI=1S/C15H13BN4O2/c16-12-4-2-1-3-11(12)9-13(21)18-15-20-19-14(22-15)10-5-7-17-8-6-10/h1-8H,9,16H2,(H,18,20,21). The first-order valence-corrected chi connectivity index (χ1v) is 6.80. The third-order valence-corrected chi connectivity index (χ3v) is 3.21. The molecule has 2 aromatic heterocycles. The second-order valence-corrected chi connectivity index (χ2v) is 4.80. The number of amides is 1. The Hall–Kier alpha value is -2.96. The van der Waals surface area contributed by atoms with Gasteiger partial charge in [0.15, 0.2) is 0 Å². The highest BCUT2D eigenvalue weighted by atomic mass is 16.4. The number of benzene rings is 1. The van der Waals surface area contributed by atoms with Crippen LogP contribution in [-0.4, -0.2) is 28.9 Å². The third kappa shape index (κ3) is 3.20. The van der Waals surface area contributed by atoms with Crippen LogP contribution < -0.4 is 10.8 Å². The molecule has 7 heteroatoms. The Balaban J connectivity index is 1.68. The Kier molecular flexibility index (Phi) is 3.96. The number of carbonyl (C=O) groups excluding carboxylic acids is 1. The van der Waals surface area contributed by atoms with Gasteiger partial charge in [0, 0.05) is 18.0 Å². The van der Waals surface area contributed by atoms with Gasteiger partial charge in [-0.2, -0.15) is 0 Å². The zero-order valence-corrected chi connectivity index (χ0v) is 12.0. The second-order valence-electron chi connectivity index (χ2n) is 4.80. The van der Waals surface area contributed by atoms with E-state index in [1.807, 2.05) is 32.1 Å². The summed E-state index contributed by atoms with van der Waals surface area (Å²) in [4.78, 5) is 16.0. The van der Waals surface area contributed by atoms with Crippen LogP contribution in [0.4, 0.5) is 6.01 Å². The summed E-state index contributed by atoms with van der Waals surface area (Å²) in [6.45, 7) is 0. The number of pyridine rings is 1. The van der Waals surface area contributed by atoms with Crippen LogP contribution in [0.2, 0.25) is 0 Å². The van der Waals surface area contributed by atoms with Crippen LogP contribution >= 0.6 is 0 Å². The normalized spacial score (nSPS) is 10.4. The lowest BCUT2D eigenvalue weighted by Crippen LogP contribution is -2.19. The molecule has 0 aliphatic carbocycles. The lowest BCUT2D eigenvalue weighted by molar-refractivity contribution is -0.115. The molecule has 1 aromatic carbocycles. The van der Waals surface area contributed by atoms with Crippen molar-refractivity contribution in [3.8, 4) is 11.5 Å². The topological polar surface area (TPSA) is 80.9 Å².